The lowest BCUT2D eigenvalue weighted by atomic mass is 10.3. The number of anilines is 1. The Morgan fingerprint density at radius 2 is 2.37 bits per heavy atom. The van der Waals surface area contributed by atoms with E-state index >= 15 is 0 Å². The summed E-state index contributed by atoms with van der Waals surface area (Å²) in [6.45, 7) is 0. The van der Waals surface area contributed by atoms with E-state index in [-0.39, 0.29) is 22.4 Å². The zero-order valence-corrected chi connectivity index (χ0v) is 11.4. The van der Waals surface area contributed by atoms with E-state index in [1.54, 1.807) is 7.05 Å². The molecule has 0 aliphatic rings. The number of benzene rings is 1. The Morgan fingerprint density at radius 1 is 1.58 bits per heavy atom. The summed E-state index contributed by atoms with van der Waals surface area (Å²) in [5.74, 6) is -0.851. The van der Waals surface area contributed by atoms with Crippen LogP contribution in [0.5, 0.6) is 0 Å². The Morgan fingerprint density at radius 3 is 3.00 bits per heavy atom. The first-order chi connectivity index (χ1) is 9.06. The number of carbonyl (C=O) groups is 1. The van der Waals surface area contributed by atoms with Crippen molar-refractivity contribution in [3.05, 3.63) is 29.0 Å². The standard InChI is InChI=1S/C10H9ClFN5OS/c1-17-10(14-15-16-17)19-5-9(18)13-8-3-2-6(11)4-7(8)12/h2-4H,5H2,1H3,(H,13,18). The summed E-state index contributed by atoms with van der Waals surface area (Å²) >= 11 is 6.77. The molecule has 0 unspecified atom stereocenters. The average molecular weight is 302 g/mol. The maximum atomic E-state index is 13.4. The monoisotopic (exact) mass is 301 g/mol. The molecule has 6 nitrogen and oxygen atoms in total. The summed E-state index contributed by atoms with van der Waals surface area (Å²) in [5, 5.41) is 14.0. The zero-order chi connectivity index (χ0) is 13.8. The number of nitrogens with zero attached hydrogens (tertiary/aromatic N) is 4. The van der Waals surface area contributed by atoms with Gasteiger partial charge in [-0.05, 0) is 28.6 Å². The molecule has 1 aromatic heterocycles. The molecule has 0 spiro atoms. The summed E-state index contributed by atoms with van der Waals surface area (Å²) in [6.07, 6.45) is 0. The molecular weight excluding hydrogens is 293 g/mol. The van der Waals surface area contributed by atoms with Crippen LogP contribution in [0.1, 0.15) is 0 Å². The number of thioether (sulfide) groups is 1. The van der Waals surface area contributed by atoms with Crippen molar-refractivity contribution in [3.63, 3.8) is 0 Å². The molecule has 0 aliphatic heterocycles. The van der Waals surface area contributed by atoms with Crippen LogP contribution in [0, 0.1) is 5.82 Å². The number of hydrogen-bond donors (Lipinski definition) is 1. The van der Waals surface area contributed by atoms with E-state index in [0.717, 1.165) is 17.8 Å². The van der Waals surface area contributed by atoms with E-state index in [1.807, 2.05) is 0 Å². The van der Waals surface area contributed by atoms with Crippen molar-refractivity contribution in [2.75, 3.05) is 11.1 Å². The predicted molar refractivity (Wildman–Crippen MR) is 69.6 cm³/mol. The van der Waals surface area contributed by atoms with Gasteiger partial charge in [0.2, 0.25) is 11.1 Å². The Kier molecular flexibility index (Phi) is 4.33. The van der Waals surface area contributed by atoms with Gasteiger partial charge in [0, 0.05) is 12.1 Å². The SMILES string of the molecule is Cn1nnnc1SCC(=O)Nc1ccc(Cl)cc1F. The van der Waals surface area contributed by atoms with E-state index in [9.17, 15) is 9.18 Å². The highest BCUT2D eigenvalue weighted by atomic mass is 35.5. The highest BCUT2D eigenvalue weighted by Crippen LogP contribution is 2.19. The van der Waals surface area contributed by atoms with E-state index in [0.29, 0.717) is 5.16 Å². The molecule has 2 aromatic rings. The van der Waals surface area contributed by atoms with Gasteiger partial charge < -0.3 is 5.32 Å². The van der Waals surface area contributed by atoms with Crippen LogP contribution in [0.3, 0.4) is 0 Å². The van der Waals surface area contributed by atoms with Crippen LogP contribution >= 0.6 is 23.4 Å². The molecule has 0 saturated carbocycles. The van der Waals surface area contributed by atoms with Gasteiger partial charge in [0.05, 0.1) is 11.4 Å². The lowest BCUT2D eigenvalue weighted by Crippen LogP contribution is -2.15. The third-order valence-corrected chi connectivity index (χ3v) is 3.36. The Hall–Kier alpha value is -1.67. The largest absolute Gasteiger partial charge is 0.323 e. The lowest BCUT2D eigenvalue weighted by Gasteiger charge is -2.05. The molecule has 0 saturated heterocycles. The van der Waals surface area contributed by atoms with Crippen molar-refractivity contribution in [2.45, 2.75) is 5.16 Å². The number of aromatic nitrogens is 4. The smallest absolute Gasteiger partial charge is 0.234 e. The first-order valence-corrected chi connectivity index (χ1v) is 6.52. The quantitative estimate of drug-likeness (QED) is 0.871. The third kappa shape index (κ3) is 3.65. The minimum Gasteiger partial charge on any atom is -0.323 e. The zero-order valence-electron chi connectivity index (χ0n) is 9.80. The van der Waals surface area contributed by atoms with E-state index < -0.39 is 5.82 Å². The number of aryl methyl sites for hydroxylation is 1. The van der Waals surface area contributed by atoms with Crippen LogP contribution in [-0.2, 0) is 11.8 Å². The van der Waals surface area contributed by atoms with Crippen molar-refractivity contribution >= 4 is 35.0 Å². The van der Waals surface area contributed by atoms with Crippen LogP contribution in [0.15, 0.2) is 23.4 Å². The normalized spacial score (nSPS) is 10.5. The molecule has 2 rings (SSSR count). The van der Waals surface area contributed by atoms with E-state index in [4.69, 9.17) is 11.6 Å². The van der Waals surface area contributed by atoms with E-state index in [2.05, 4.69) is 20.8 Å². The number of rotatable bonds is 4. The molecule has 9 heteroatoms. The molecule has 1 heterocycles. The predicted octanol–water partition coefficient (Wildman–Crippen LogP) is 1.73. The second-order valence-electron chi connectivity index (χ2n) is 3.55. The fourth-order valence-electron chi connectivity index (χ4n) is 1.25. The molecule has 0 atom stereocenters. The summed E-state index contributed by atoms with van der Waals surface area (Å²) in [6, 6.07) is 4.04. The second-order valence-corrected chi connectivity index (χ2v) is 4.93. The molecule has 0 bridgehead atoms. The van der Waals surface area contributed by atoms with Crippen LogP contribution in [0.25, 0.3) is 0 Å². The topological polar surface area (TPSA) is 72.7 Å². The summed E-state index contributed by atoms with van der Waals surface area (Å²) in [7, 11) is 1.67. The molecule has 0 aliphatic carbocycles. The van der Waals surface area contributed by atoms with Crippen molar-refractivity contribution in [2.24, 2.45) is 7.05 Å². The van der Waals surface area contributed by atoms with Gasteiger partial charge in [0.25, 0.3) is 0 Å². The Bertz CT molecular complexity index is 605. The molecule has 1 amide bonds. The van der Waals surface area contributed by atoms with Crippen molar-refractivity contribution in [1.29, 1.82) is 0 Å². The Balaban J connectivity index is 1.93. The maximum Gasteiger partial charge on any atom is 0.234 e. The van der Waals surface area contributed by atoms with Gasteiger partial charge in [-0.2, -0.15) is 0 Å². The van der Waals surface area contributed by atoms with Crippen molar-refractivity contribution < 1.29 is 9.18 Å². The first-order valence-electron chi connectivity index (χ1n) is 5.16. The average Bonchev–Trinajstić information content (AvgIpc) is 2.76. The molecule has 1 N–H and O–H groups in total. The van der Waals surface area contributed by atoms with E-state index in [1.165, 1.54) is 16.8 Å². The fourth-order valence-corrected chi connectivity index (χ4v) is 2.06. The highest BCUT2D eigenvalue weighted by molar-refractivity contribution is 7.99. The van der Waals surface area contributed by atoms with Gasteiger partial charge in [-0.15, -0.1) is 5.10 Å². The summed E-state index contributed by atoms with van der Waals surface area (Å²) in [4.78, 5) is 11.6. The molecule has 19 heavy (non-hydrogen) atoms. The minimum absolute atomic E-state index is 0.0796. The molecule has 100 valence electrons. The lowest BCUT2D eigenvalue weighted by molar-refractivity contribution is -0.113. The van der Waals surface area contributed by atoms with Gasteiger partial charge in [-0.3, -0.25) is 4.79 Å². The summed E-state index contributed by atoms with van der Waals surface area (Å²) in [5.41, 5.74) is 0.0890. The Labute approximate surface area is 117 Å². The number of tetrazole rings is 1. The molecule has 1 aromatic carbocycles. The second kappa shape index (κ2) is 5.98. The van der Waals surface area contributed by atoms with Crippen LogP contribution in [-0.4, -0.2) is 31.9 Å². The first kappa shape index (κ1) is 13.8. The van der Waals surface area contributed by atoms with Gasteiger partial charge >= 0.3 is 0 Å². The van der Waals surface area contributed by atoms with Gasteiger partial charge in [0.15, 0.2) is 0 Å². The van der Waals surface area contributed by atoms with Crippen molar-refractivity contribution in [3.8, 4) is 0 Å². The number of carbonyl (C=O) groups excluding carboxylic acids is 1. The van der Waals surface area contributed by atoms with Crippen LogP contribution < -0.4 is 5.32 Å². The number of halogens is 2. The van der Waals surface area contributed by atoms with Crippen molar-refractivity contribution in [1.82, 2.24) is 20.2 Å². The summed E-state index contributed by atoms with van der Waals surface area (Å²) < 4.78 is 14.9. The maximum absolute atomic E-state index is 13.4. The fraction of sp³-hybridized carbons (Fsp3) is 0.200. The van der Waals surface area contributed by atoms with Gasteiger partial charge in [0.1, 0.15) is 5.82 Å². The minimum atomic E-state index is -0.578. The van der Waals surface area contributed by atoms with Crippen LogP contribution in [0.2, 0.25) is 5.02 Å². The molecule has 0 fully saturated rings. The van der Waals surface area contributed by atoms with Gasteiger partial charge in [-0.25, -0.2) is 9.07 Å². The third-order valence-electron chi connectivity index (χ3n) is 2.12. The number of nitrogens with one attached hydrogen (secondary N) is 1. The molecular formula is C10H9ClFN5OS. The number of amides is 1. The number of hydrogen-bond acceptors (Lipinski definition) is 5. The van der Waals surface area contributed by atoms with Gasteiger partial charge in [-0.1, -0.05) is 23.4 Å². The highest BCUT2D eigenvalue weighted by Gasteiger charge is 2.10. The van der Waals surface area contributed by atoms with Crippen LogP contribution in [0.4, 0.5) is 10.1 Å². The molecule has 0 radical (unpaired) electrons.